The highest BCUT2D eigenvalue weighted by Crippen LogP contribution is 2.31. The third-order valence-electron chi connectivity index (χ3n) is 3.16. The number of benzene rings is 1. The molecule has 1 aliphatic heterocycles. The largest absolute Gasteiger partial charge is 0.342 e. The van der Waals surface area contributed by atoms with Gasteiger partial charge in [0.1, 0.15) is 0 Å². The Morgan fingerprint density at radius 1 is 1.11 bits per heavy atom. The third kappa shape index (κ3) is 2.30. The molecule has 0 atom stereocenters. The Balaban J connectivity index is 2.54. The van der Waals surface area contributed by atoms with Crippen molar-refractivity contribution in [2.24, 2.45) is 0 Å². The Hall–Kier alpha value is -1.97. The quantitative estimate of drug-likeness (QED) is 0.723. The van der Waals surface area contributed by atoms with Crippen molar-refractivity contribution in [1.29, 1.82) is 0 Å². The van der Waals surface area contributed by atoms with E-state index in [0.717, 1.165) is 23.4 Å². The van der Waals surface area contributed by atoms with Crippen LogP contribution in [0.2, 0.25) is 0 Å². The number of hydrogen-bond acceptors (Lipinski definition) is 1. The summed E-state index contributed by atoms with van der Waals surface area (Å²) < 4.78 is 39.6. The van der Waals surface area contributed by atoms with E-state index in [4.69, 9.17) is 0 Å². The van der Waals surface area contributed by atoms with E-state index in [-0.39, 0.29) is 0 Å². The molecule has 1 nitrogen and oxygen atoms in total. The Labute approximate surface area is 110 Å². The molecule has 19 heavy (non-hydrogen) atoms. The Kier molecular flexibility index (Phi) is 3.51. The summed E-state index contributed by atoms with van der Waals surface area (Å²) in [5.41, 5.74) is 2.65. The van der Waals surface area contributed by atoms with E-state index in [1.165, 1.54) is 0 Å². The third-order valence-corrected chi connectivity index (χ3v) is 3.16. The zero-order valence-corrected chi connectivity index (χ0v) is 10.8. The van der Waals surface area contributed by atoms with Crippen molar-refractivity contribution >= 4 is 5.70 Å². The summed E-state index contributed by atoms with van der Waals surface area (Å²) in [5.74, 6) is -3.83. The molecule has 100 valence electrons. The predicted molar refractivity (Wildman–Crippen MR) is 69.6 cm³/mol. The second kappa shape index (κ2) is 4.96. The molecular weight excluding hydrogens is 251 g/mol. The van der Waals surface area contributed by atoms with Crippen LogP contribution in [0.4, 0.5) is 13.2 Å². The smallest absolute Gasteiger partial charge is 0.194 e. The summed E-state index contributed by atoms with van der Waals surface area (Å²) in [6, 6.07) is 1.99. The summed E-state index contributed by atoms with van der Waals surface area (Å²) in [5, 5.41) is 0. The average molecular weight is 265 g/mol. The van der Waals surface area contributed by atoms with E-state index < -0.39 is 17.5 Å². The highest BCUT2D eigenvalue weighted by atomic mass is 19.2. The molecule has 0 aliphatic carbocycles. The van der Waals surface area contributed by atoms with Gasteiger partial charge in [-0.1, -0.05) is 12.7 Å². The van der Waals surface area contributed by atoms with E-state index in [0.29, 0.717) is 17.8 Å². The molecule has 0 radical (unpaired) electrons. The van der Waals surface area contributed by atoms with Crippen LogP contribution in [0.25, 0.3) is 5.70 Å². The van der Waals surface area contributed by atoms with Gasteiger partial charge >= 0.3 is 0 Å². The molecule has 4 heteroatoms. The number of allylic oxidation sites excluding steroid dienone is 3. The Morgan fingerprint density at radius 3 is 2.21 bits per heavy atom. The van der Waals surface area contributed by atoms with E-state index in [1.807, 2.05) is 24.8 Å². The maximum absolute atomic E-state index is 13.3. The first-order valence-corrected chi connectivity index (χ1v) is 5.96. The first-order valence-electron chi connectivity index (χ1n) is 5.96. The molecular formula is C15H14F3N. The normalized spacial score (nSPS) is 15.4. The first kappa shape index (κ1) is 13.5. The van der Waals surface area contributed by atoms with Crippen molar-refractivity contribution < 1.29 is 13.2 Å². The van der Waals surface area contributed by atoms with E-state index in [9.17, 15) is 13.2 Å². The summed E-state index contributed by atoms with van der Waals surface area (Å²) >= 11 is 0. The molecule has 0 bridgehead atoms. The molecule has 1 aliphatic rings. The van der Waals surface area contributed by atoms with E-state index >= 15 is 0 Å². The zero-order chi connectivity index (χ0) is 14.2. The van der Waals surface area contributed by atoms with Crippen LogP contribution in [0.1, 0.15) is 19.4 Å². The molecule has 0 N–H and O–H groups in total. The van der Waals surface area contributed by atoms with Crippen molar-refractivity contribution in [3.63, 3.8) is 0 Å². The van der Waals surface area contributed by atoms with Crippen molar-refractivity contribution in [1.82, 2.24) is 4.90 Å². The standard InChI is InChI=1S/C15H14F3N/c1-4-19-10(3)9(2)5-6-14(19)11-7-12(16)15(18)13(17)8-11/h5-8H,3-4H2,1-2H3. The summed E-state index contributed by atoms with van der Waals surface area (Å²) in [6.07, 6.45) is 3.57. The molecule has 0 saturated carbocycles. The first-order chi connectivity index (χ1) is 8.95. The van der Waals surface area contributed by atoms with Crippen molar-refractivity contribution in [3.05, 3.63) is 65.1 Å². The summed E-state index contributed by atoms with van der Waals surface area (Å²) in [4.78, 5) is 1.83. The molecule has 0 saturated heterocycles. The van der Waals surface area contributed by atoms with Gasteiger partial charge in [0.25, 0.3) is 0 Å². The minimum absolute atomic E-state index is 0.295. The highest BCUT2D eigenvalue weighted by Gasteiger charge is 2.20. The van der Waals surface area contributed by atoms with Crippen LogP contribution in [-0.4, -0.2) is 11.4 Å². The predicted octanol–water partition coefficient (Wildman–Crippen LogP) is 4.24. The fourth-order valence-electron chi connectivity index (χ4n) is 2.07. The lowest BCUT2D eigenvalue weighted by Crippen LogP contribution is -2.23. The van der Waals surface area contributed by atoms with Crippen LogP contribution in [0.5, 0.6) is 0 Å². The summed E-state index contributed by atoms with van der Waals surface area (Å²) in [6.45, 7) is 8.37. The van der Waals surface area contributed by atoms with Crippen LogP contribution < -0.4 is 0 Å². The number of rotatable bonds is 2. The van der Waals surface area contributed by atoms with Gasteiger partial charge in [0.05, 0.1) is 0 Å². The zero-order valence-electron chi connectivity index (χ0n) is 10.8. The lowest BCUT2D eigenvalue weighted by atomic mass is 10.0. The number of likely N-dealkylation sites (N-methyl/N-ethyl adjacent to an activating group) is 1. The fourth-order valence-corrected chi connectivity index (χ4v) is 2.07. The van der Waals surface area contributed by atoms with Gasteiger partial charge in [-0.2, -0.15) is 0 Å². The van der Waals surface area contributed by atoms with E-state index in [1.54, 1.807) is 6.08 Å². The molecule has 0 aromatic heterocycles. The topological polar surface area (TPSA) is 3.24 Å². The lowest BCUT2D eigenvalue weighted by molar-refractivity contribution is 0.445. The maximum Gasteiger partial charge on any atom is 0.194 e. The van der Waals surface area contributed by atoms with Gasteiger partial charge in [-0.3, -0.25) is 0 Å². The van der Waals surface area contributed by atoms with Crippen molar-refractivity contribution in [2.45, 2.75) is 13.8 Å². The minimum atomic E-state index is -1.45. The van der Waals surface area contributed by atoms with Crippen molar-refractivity contribution in [3.8, 4) is 0 Å². The van der Waals surface area contributed by atoms with Gasteiger partial charge in [0.15, 0.2) is 17.5 Å². The van der Waals surface area contributed by atoms with Gasteiger partial charge in [0, 0.05) is 23.5 Å². The SMILES string of the molecule is C=C1C(C)=CC=C(c2cc(F)c(F)c(F)c2)N1CC. The highest BCUT2D eigenvalue weighted by molar-refractivity contribution is 5.70. The molecule has 0 unspecified atom stereocenters. The van der Waals surface area contributed by atoms with Gasteiger partial charge in [-0.15, -0.1) is 0 Å². The Morgan fingerprint density at radius 2 is 1.68 bits per heavy atom. The van der Waals surface area contributed by atoms with Gasteiger partial charge < -0.3 is 4.90 Å². The molecule has 2 rings (SSSR count). The van der Waals surface area contributed by atoms with Crippen LogP contribution in [-0.2, 0) is 0 Å². The molecule has 1 aromatic rings. The molecule has 0 spiro atoms. The van der Waals surface area contributed by atoms with Crippen LogP contribution >= 0.6 is 0 Å². The Bertz CT molecular complexity index is 576. The van der Waals surface area contributed by atoms with Gasteiger partial charge in [-0.25, -0.2) is 13.2 Å². The van der Waals surface area contributed by atoms with Crippen LogP contribution in [0, 0.1) is 17.5 Å². The molecule has 0 amide bonds. The average Bonchev–Trinajstić information content (AvgIpc) is 2.38. The number of nitrogens with zero attached hydrogens (tertiary/aromatic N) is 1. The maximum atomic E-state index is 13.3. The second-order valence-corrected chi connectivity index (χ2v) is 4.35. The fraction of sp³-hybridized carbons (Fsp3) is 0.200. The van der Waals surface area contributed by atoms with E-state index in [2.05, 4.69) is 6.58 Å². The lowest BCUT2D eigenvalue weighted by Gasteiger charge is -2.31. The molecule has 1 heterocycles. The van der Waals surface area contributed by atoms with Crippen LogP contribution in [0.3, 0.4) is 0 Å². The summed E-state index contributed by atoms with van der Waals surface area (Å²) in [7, 11) is 0. The monoisotopic (exact) mass is 265 g/mol. The molecule has 0 fully saturated rings. The number of halogens is 3. The molecule has 1 aromatic carbocycles. The van der Waals surface area contributed by atoms with Gasteiger partial charge in [-0.05, 0) is 37.6 Å². The number of hydrogen-bond donors (Lipinski definition) is 0. The van der Waals surface area contributed by atoms with Crippen molar-refractivity contribution in [2.75, 3.05) is 6.54 Å². The van der Waals surface area contributed by atoms with Crippen LogP contribution in [0.15, 0.2) is 42.1 Å². The second-order valence-electron chi connectivity index (χ2n) is 4.35. The minimum Gasteiger partial charge on any atom is -0.342 e. The van der Waals surface area contributed by atoms with Gasteiger partial charge in [0.2, 0.25) is 0 Å².